The Morgan fingerprint density at radius 3 is 2.78 bits per heavy atom. The summed E-state index contributed by atoms with van der Waals surface area (Å²) < 4.78 is 8.57. The number of nitrogens with zero attached hydrogens (tertiary/aromatic N) is 3. The maximum atomic E-state index is 13.9. The van der Waals surface area contributed by atoms with Crippen LogP contribution in [0.15, 0.2) is 86.6 Å². The molecular formula is C28H20BrN3O4S. The molecule has 4 aromatic rings. The first-order chi connectivity index (χ1) is 17.9. The van der Waals surface area contributed by atoms with Crippen molar-refractivity contribution in [3.8, 4) is 5.75 Å². The number of benzene rings is 3. The number of thiazole rings is 1. The summed E-state index contributed by atoms with van der Waals surface area (Å²) in [6.45, 7) is 0. The zero-order valence-electron chi connectivity index (χ0n) is 19.7. The van der Waals surface area contributed by atoms with E-state index in [1.807, 2.05) is 42.5 Å². The largest absolute Gasteiger partial charge is 0.496 e. The van der Waals surface area contributed by atoms with Crippen molar-refractivity contribution in [3.05, 3.63) is 129 Å². The Morgan fingerprint density at radius 1 is 1.14 bits per heavy atom. The highest BCUT2D eigenvalue weighted by Crippen LogP contribution is 2.41. The Balaban J connectivity index is 1.64. The number of hydrogen-bond donors (Lipinski definition) is 0. The number of halogens is 1. The van der Waals surface area contributed by atoms with Crippen molar-refractivity contribution in [3.63, 3.8) is 0 Å². The summed E-state index contributed by atoms with van der Waals surface area (Å²) in [5.41, 5.74) is 5.38. The second-order valence-corrected chi connectivity index (χ2v) is 10.8. The predicted octanol–water partition coefficient (Wildman–Crippen LogP) is 5.00. The van der Waals surface area contributed by atoms with Crippen molar-refractivity contribution < 1.29 is 9.66 Å². The number of aromatic nitrogens is 1. The first kappa shape index (κ1) is 23.6. The van der Waals surface area contributed by atoms with Crippen molar-refractivity contribution in [1.29, 1.82) is 0 Å². The summed E-state index contributed by atoms with van der Waals surface area (Å²) in [7, 11) is 1.59. The molecule has 2 heterocycles. The van der Waals surface area contributed by atoms with E-state index < -0.39 is 11.0 Å². The van der Waals surface area contributed by atoms with Crippen LogP contribution in [0.25, 0.3) is 11.8 Å². The van der Waals surface area contributed by atoms with E-state index in [-0.39, 0.29) is 11.2 Å². The van der Waals surface area contributed by atoms with E-state index >= 15 is 0 Å². The molecule has 6 rings (SSSR count). The number of nitro groups is 1. The van der Waals surface area contributed by atoms with Gasteiger partial charge in [0.1, 0.15) is 5.75 Å². The van der Waals surface area contributed by atoms with Crippen molar-refractivity contribution in [2.45, 2.75) is 18.9 Å². The molecule has 37 heavy (non-hydrogen) atoms. The third-order valence-electron chi connectivity index (χ3n) is 6.75. The maximum Gasteiger partial charge on any atom is 0.271 e. The van der Waals surface area contributed by atoms with Gasteiger partial charge in [-0.25, -0.2) is 4.99 Å². The summed E-state index contributed by atoms with van der Waals surface area (Å²) in [5, 5.41) is 11.6. The zero-order chi connectivity index (χ0) is 25.7. The van der Waals surface area contributed by atoms with Crippen LogP contribution in [0.5, 0.6) is 5.75 Å². The second-order valence-electron chi connectivity index (χ2n) is 8.85. The number of methoxy groups -OCH3 is 1. The Kier molecular flexibility index (Phi) is 5.89. The Morgan fingerprint density at radius 2 is 1.97 bits per heavy atom. The van der Waals surface area contributed by atoms with Gasteiger partial charge in [0.2, 0.25) is 0 Å². The molecule has 1 aromatic heterocycles. The number of fused-ring (bicyclic) bond motifs is 3. The number of ether oxygens (including phenoxy) is 1. The summed E-state index contributed by atoms with van der Waals surface area (Å²) >= 11 is 4.80. The maximum absolute atomic E-state index is 13.9. The van der Waals surface area contributed by atoms with Crippen LogP contribution in [0.1, 0.15) is 34.7 Å². The van der Waals surface area contributed by atoms with E-state index in [9.17, 15) is 14.9 Å². The van der Waals surface area contributed by atoms with Crippen LogP contribution in [0.3, 0.4) is 0 Å². The molecule has 7 nitrogen and oxygen atoms in total. The van der Waals surface area contributed by atoms with Gasteiger partial charge in [-0.15, -0.1) is 0 Å². The lowest BCUT2D eigenvalue weighted by molar-refractivity contribution is -0.384. The fraction of sp³-hybridized carbons (Fsp3) is 0.143. The molecule has 0 spiro atoms. The Bertz CT molecular complexity index is 1800. The van der Waals surface area contributed by atoms with Gasteiger partial charge in [-0.1, -0.05) is 63.7 Å². The predicted molar refractivity (Wildman–Crippen MR) is 147 cm³/mol. The topological polar surface area (TPSA) is 86.7 Å². The van der Waals surface area contributed by atoms with Gasteiger partial charge in [0.05, 0.1) is 28.3 Å². The van der Waals surface area contributed by atoms with Gasteiger partial charge in [0.25, 0.3) is 11.2 Å². The monoisotopic (exact) mass is 573 g/mol. The number of non-ortho nitro benzene ring substituents is 1. The van der Waals surface area contributed by atoms with Crippen LogP contribution in [0.2, 0.25) is 0 Å². The molecule has 0 N–H and O–H groups in total. The van der Waals surface area contributed by atoms with Gasteiger partial charge in [-0.2, -0.15) is 0 Å². The van der Waals surface area contributed by atoms with E-state index in [4.69, 9.17) is 9.73 Å². The summed E-state index contributed by atoms with van der Waals surface area (Å²) in [6.07, 6.45) is 3.34. The molecule has 0 saturated carbocycles. The lowest BCUT2D eigenvalue weighted by atomic mass is 9.83. The van der Waals surface area contributed by atoms with E-state index in [1.165, 1.54) is 23.0 Å². The Labute approximate surface area is 224 Å². The molecule has 184 valence electrons. The van der Waals surface area contributed by atoms with Gasteiger partial charge in [-0.3, -0.25) is 19.5 Å². The average molecular weight is 574 g/mol. The van der Waals surface area contributed by atoms with Crippen LogP contribution in [-0.2, 0) is 6.42 Å². The van der Waals surface area contributed by atoms with Crippen molar-refractivity contribution in [2.24, 2.45) is 4.99 Å². The zero-order valence-corrected chi connectivity index (χ0v) is 22.1. The van der Waals surface area contributed by atoms with Gasteiger partial charge in [0, 0.05) is 27.7 Å². The first-order valence-corrected chi connectivity index (χ1v) is 13.3. The van der Waals surface area contributed by atoms with Crippen LogP contribution in [-0.4, -0.2) is 16.6 Å². The molecule has 0 amide bonds. The molecule has 1 aliphatic heterocycles. The highest BCUT2D eigenvalue weighted by molar-refractivity contribution is 9.10. The molecule has 9 heteroatoms. The molecule has 0 fully saturated rings. The molecule has 0 saturated heterocycles. The van der Waals surface area contributed by atoms with Crippen LogP contribution < -0.4 is 19.6 Å². The molecule has 2 aliphatic rings. The molecule has 0 bridgehead atoms. The fourth-order valence-electron chi connectivity index (χ4n) is 5.09. The standard InChI is InChI=1S/C28H20BrN3O4S/c1-36-23-12-10-19(29)13-18(23)15-24-27(33)31-26(17-6-4-7-20(14-17)32(34)35)22-11-9-16-5-2-3-8-21(16)25(22)30-28(31)37-24/h2-8,10,12-15,26H,9,11H2,1H3/b24-15+/t26-/m0/s1. The molecule has 1 aliphatic carbocycles. The molecule has 0 radical (unpaired) electrons. The van der Waals surface area contributed by atoms with Gasteiger partial charge >= 0.3 is 0 Å². The van der Waals surface area contributed by atoms with Gasteiger partial charge in [0.15, 0.2) is 4.80 Å². The number of allylic oxidation sites excluding steroid dienone is 1. The fourth-order valence-corrected chi connectivity index (χ4v) is 6.46. The minimum absolute atomic E-state index is 0.00569. The first-order valence-electron chi connectivity index (χ1n) is 11.7. The van der Waals surface area contributed by atoms with Gasteiger partial charge in [-0.05, 0) is 53.8 Å². The summed E-state index contributed by atoms with van der Waals surface area (Å²) in [6, 6.07) is 19.9. The smallest absolute Gasteiger partial charge is 0.271 e. The number of aryl methyl sites for hydroxylation is 1. The van der Waals surface area contributed by atoms with Crippen molar-refractivity contribution in [2.75, 3.05) is 7.11 Å². The second kappa shape index (κ2) is 9.24. The molecule has 1 atom stereocenters. The van der Waals surface area contributed by atoms with E-state index in [1.54, 1.807) is 23.8 Å². The SMILES string of the molecule is COc1ccc(Br)cc1/C=c1/sc2n(c1=O)[C@@H](c1cccc([N+](=O)[O-])c1)C1=C(N=2)c2ccccc2CC1. The molecule has 3 aromatic carbocycles. The minimum atomic E-state index is -0.480. The third kappa shape index (κ3) is 4.04. The average Bonchev–Trinajstić information content (AvgIpc) is 3.22. The van der Waals surface area contributed by atoms with Crippen LogP contribution in [0, 0.1) is 10.1 Å². The van der Waals surface area contributed by atoms with E-state index in [0.717, 1.165) is 33.3 Å². The normalized spacial score (nSPS) is 16.5. The number of nitro benzene ring substituents is 1. The molecule has 0 unspecified atom stereocenters. The number of hydrogen-bond acceptors (Lipinski definition) is 6. The Hall–Kier alpha value is -3.82. The summed E-state index contributed by atoms with van der Waals surface area (Å²) in [4.78, 5) is 30.6. The lowest BCUT2D eigenvalue weighted by Crippen LogP contribution is -2.38. The quantitative estimate of drug-likeness (QED) is 0.254. The highest BCUT2D eigenvalue weighted by Gasteiger charge is 2.33. The lowest BCUT2D eigenvalue weighted by Gasteiger charge is -2.30. The molecular weight excluding hydrogens is 554 g/mol. The minimum Gasteiger partial charge on any atom is -0.496 e. The van der Waals surface area contributed by atoms with Crippen molar-refractivity contribution >= 4 is 44.7 Å². The highest BCUT2D eigenvalue weighted by atomic mass is 79.9. The number of rotatable bonds is 4. The van der Waals surface area contributed by atoms with Crippen LogP contribution in [0.4, 0.5) is 5.69 Å². The van der Waals surface area contributed by atoms with E-state index in [2.05, 4.69) is 28.1 Å². The third-order valence-corrected chi connectivity index (χ3v) is 8.22. The summed E-state index contributed by atoms with van der Waals surface area (Å²) in [5.74, 6) is 0.650. The van der Waals surface area contributed by atoms with E-state index in [0.29, 0.717) is 27.1 Å². The van der Waals surface area contributed by atoms with Gasteiger partial charge < -0.3 is 4.74 Å². The van der Waals surface area contributed by atoms with Crippen molar-refractivity contribution in [1.82, 2.24) is 4.57 Å². The van der Waals surface area contributed by atoms with Crippen LogP contribution >= 0.6 is 27.3 Å².